The molecule has 0 aromatic heterocycles. The Morgan fingerprint density at radius 3 is 2.48 bits per heavy atom. The first-order valence-electron chi connectivity index (χ1n) is 7.74. The lowest BCUT2D eigenvalue weighted by Crippen LogP contribution is -2.35. The number of hydrogen-bond acceptors (Lipinski definition) is 4. The molecule has 1 aliphatic carbocycles. The molecule has 0 saturated heterocycles. The molecular weight excluding hydrogens is 265 g/mol. The number of ether oxygens (including phenoxy) is 1. The van der Waals surface area contributed by atoms with Crippen molar-refractivity contribution in [3.63, 3.8) is 0 Å². The first-order chi connectivity index (χ1) is 10.0. The number of rotatable bonds is 5. The van der Waals surface area contributed by atoms with E-state index in [0.29, 0.717) is 17.3 Å². The Kier molecular flexibility index (Phi) is 5.68. The quantitative estimate of drug-likeness (QED) is 0.805. The highest BCUT2D eigenvalue weighted by atomic mass is 16.5. The zero-order valence-corrected chi connectivity index (χ0v) is 13.2. The van der Waals surface area contributed by atoms with Crippen LogP contribution >= 0.6 is 0 Å². The molecule has 0 amide bonds. The number of methoxy groups -OCH3 is 1. The van der Waals surface area contributed by atoms with Crippen molar-refractivity contribution in [3.05, 3.63) is 23.8 Å². The van der Waals surface area contributed by atoms with Crippen LogP contribution in [0.3, 0.4) is 0 Å². The van der Waals surface area contributed by atoms with Crippen molar-refractivity contribution in [2.45, 2.75) is 45.2 Å². The number of benzene rings is 1. The Morgan fingerprint density at radius 1 is 1.24 bits per heavy atom. The van der Waals surface area contributed by atoms with Crippen LogP contribution in [0.4, 0.5) is 0 Å². The Bertz CT molecular complexity index is 459. The van der Waals surface area contributed by atoms with Crippen molar-refractivity contribution in [1.82, 2.24) is 4.90 Å². The van der Waals surface area contributed by atoms with Crippen molar-refractivity contribution in [3.8, 4) is 5.75 Å². The zero-order valence-electron chi connectivity index (χ0n) is 13.2. The van der Waals surface area contributed by atoms with Crippen LogP contribution in [0.25, 0.3) is 0 Å². The van der Waals surface area contributed by atoms with Crippen LogP contribution in [0.5, 0.6) is 5.75 Å². The van der Waals surface area contributed by atoms with E-state index in [1.165, 1.54) is 32.8 Å². The maximum Gasteiger partial charge on any atom is 0.492 e. The van der Waals surface area contributed by atoms with Gasteiger partial charge in [0, 0.05) is 18.0 Å². The Hall–Kier alpha value is -1.04. The normalized spacial score (nSPS) is 22.4. The molecule has 0 bridgehead atoms. The molecule has 1 aromatic rings. The van der Waals surface area contributed by atoms with Gasteiger partial charge in [-0.15, -0.1) is 0 Å². The van der Waals surface area contributed by atoms with Crippen LogP contribution in [0.2, 0.25) is 0 Å². The molecule has 5 heteroatoms. The van der Waals surface area contributed by atoms with Crippen molar-refractivity contribution in [2.24, 2.45) is 5.92 Å². The SMILES string of the molecule is COc1ccc(CN(C)C2CCC(C)CC2)cc1B(O)O. The third-order valence-corrected chi connectivity index (χ3v) is 4.61. The highest BCUT2D eigenvalue weighted by Crippen LogP contribution is 2.27. The first-order valence-corrected chi connectivity index (χ1v) is 7.74. The van der Waals surface area contributed by atoms with Crippen LogP contribution in [0.15, 0.2) is 18.2 Å². The van der Waals surface area contributed by atoms with Gasteiger partial charge in [0.15, 0.2) is 0 Å². The Balaban J connectivity index is 2.03. The first kappa shape index (κ1) is 16.3. The summed E-state index contributed by atoms with van der Waals surface area (Å²) in [5, 5.41) is 18.9. The summed E-state index contributed by atoms with van der Waals surface area (Å²) in [4.78, 5) is 2.38. The van der Waals surface area contributed by atoms with Crippen molar-refractivity contribution < 1.29 is 14.8 Å². The van der Waals surface area contributed by atoms with Crippen molar-refractivity contribution in [2.75, 3.05) is 14.2 Å². The van der Waals surface area contributed by atoms with E-state index in [1.54, 1.807) is 6.07 Å². The summed E-state index contributed by atoms with van der Waals surface area (Å²) >= 11 is 0. The van der Waals surface area contributed by atoms with Crippen LogP contribution in [-0.2, 0) is 6.54 Å². The van der Waals surface area contributed by atoms with Gasteiger partial charge in [0.2, 0.25) is 0 Å². The summed E-state index contributed by atoms with van der Waals surface area (Å²) in [6.07, 6.45) is 5.11. The molecule has 116 valence electrons. The van der Waals surface area contributed by atoms with Gasteiger partial charge in [0.05, 0.1) is 7.11 Å². The van der Waals surface area contributed by atoms with E-state index >= 15 is 0 Å². The molecule has 4 nitrogen and oxygen atoms in total. The summed E-state index contributed by atoms with van der Waals surface area (Å²) in [6, 6.07) is 6.25. The highest BCUT2D eigenvalue weighted by Gasteiger charge is 2.22. The van der Waals surface area contributed by atoms with E-state index in [-0.39, 0.29) is 0 Å². The smallest absolute Gasteiger partial charge is 0.492 e. The third kappa shape index (κ3) is 4.22. The van der Waals surface area contributed by atoms with Crippen molar-refractivity contribution in [1.29, 1.82) is 0 Å². The Morgan fingerprint density at radius 2 is 1.90 bits per heavy atom. The third-order valence-electron chi connectivity index (χ3n) is 4.61. The van der Waals surface area contributed by atoms with Gasteiger partial charge in [-0.25, -0.2) is 0 Å². The van der Waals surface area contributed by atoms with E-state index in [0.717, 1.165) is 18.0 Å². The fraction of sp³-hybridized carbons (Fsp3) is 0.625. The summed E-state index contributed by atoms with van der Waals surface area (Å²) < 4.78 is 5.16. The molecule has 1 aliphatic rings. The maximum atomic E-state index is 9.43. The number of hydrogen-bond donors (Lipinski definition) is 2. The lowest BCUT2D eigenvalue weighted by molar-refractivity contribution is 0.164. The second kappa shape index (κ2) is 7.30. The summed E-state index contributed by atoms with van der Waals surface area (Å²) in [6.45, 7) is 3.15. The van der Waals surface area contributed by atoms with Gasteiger partial charge in [0.1, 0.15) is 5.75 Å². The van der Waals surface area contributed by atoms with Gasteiger partial charge < -0.3 is 14.8 Å². The summed E-state index contributed by atoms with van der Waals surface area (Å²) in [7, 11) is 2.19. The highest BCUT2D eigenvalue weighted by molar-refractivity contribution is 6.59. The average molecular weight is 291 g/mol. The second-order valence-electron chi connectivity index (χ2n) is 6.28. The molecule has 0 unspecified atom stereocenters. The molecule has 2 N–H and O–H groups in total. The fourth-order valence-electron chi connectivity index (χ4n) is 3.18. The van der Waals surface area contributed by atoms with E-state index in [2.05, 4.69) is 18.9 Å². The minimum absolute atomic E-state index is 0.431. The summed E-state index contributed by atoms with van der Waals surface area (Å²) in [5.41, 5.74) is 1.51. The van der Waals surface area contributed by atoms with Gasteiger partial charge in [-0.3, -0.25) is 4.90 Å². The van der Waals surface area contributed by atoms with Crippen LogP contribution in [-0.4, -0.2) is 42.3 Å². The standard InChI is InChI=1S/C16H26BNO3/c1-12-4-7-14(8-5-12)18(2)11-13-6-9-16(21-3)15(10-13)17(19)20/h6,9-10,12,14,19-20H,4-5,7-8,11H2,1-3H3. The van der Waals surface area contributed by atoms with E-state index in [1.807, 2.05) is 12.1 Å². The molecule has 1 aromatic carbocycles. The van der Waals surface area contributed by atoms with Crippen LogP contribution in [0, 0.1) is 5.92 Å². The molecule has 0 spiro atoms. The molecule has 1 fully saturated rings. The van der Waals surface area contributed by atoms with Crippen LogP contribution in [0.1, 0.15) is 38.2 Å². The Labute approximate surface area is 127 Å². The van der Waals surface area contributed by atoms with E-state index in [4.69, 9.17) is 4.74 Å². The average Bonchev–Trinajstić information content (AvgIpc) is 2.47. The lowest BCUT2D eigenvalue weighted by atomic mass is 9.78. The summed E-state index contributed by atoms with van der Waals surface area (Å²) in [5.74, 6) is 1.37. The van der Waals surface area contributed by atoms with E-state index < -0.39 is 7.12 Å². The predicted molar refractivity (Wildman–Crippen MR) is 85.7 cm³/mol. The maximum absolute atomic E-state index is 9.43. The molecule has 2 rings (SSSR count). The molecule has 0 radical (unpaired) electrons. The van der Waals surface area contributed by atoms with E-state index in [9.17, 15) is 10.0 Å². The van der Waals surface area contributed by atoms with Gasteiger partial charge in [0.25, 0.3) is 0 Å². The minimum Gasteiger partial charge on any atom is -0.497 e. The molecule has 0 atom stereocenters. The fourth-order valence-corrected chi connectivity index (χ4v) is 3.18. The zero-order chi connectivity index (χ0) is 15.4. The monoisotopic (exact) mass is 291 g/mol. The van der Waals surface area contributed by atoms with Gasteiger partial charge in [-0.2, -0.15) is 0 Å². The topological polar surface area (TPSA) is 52.9 Å². The molecule has 21 heavy (non-hydrogen) atoms. The minimum atomic E-state index is -1.50. The molecule has 1 saturated carbocycles. The second-order valence-corrected chi connectivity index (χ2v) is 6.28. The number of nitrogens with zero attached hydrogens (tertiary/aromatic N) is 1. The predicted octanol–water partition coefficient (Wildman–Crippen LogP) is 1.39. The molecular formula is C16H26BNO3. The van der Waals surface area contributed by atoms with Gasteiger partial charge >= 0.3 is 7.12 Å². The van der Waals surface area contributed by atoms with Gasteiger partial charge in [-0.05, 0) is 50.3 Å². The lowest BCUT2D eigenvalue weighted by Gasteiger charge is -2.33. The largest absolute Gasteiger partial charge is 0.497 e. The van der Waals surface area contributed by atoms with Gasteiger partial charge in [-0.1, -0.05) is 19.1 Å². The molecule has 0 heterocycles. The van der Waals surface area contributed by atoms with Crippen LogP contribution < -0.4 is 10.2 Å². The van der Waals surface area contributed by atoms with Crippen molar-refractivity contribution >= 4 is 12.6 Å². The molecule has 0 aliphatic heterocycles.